The van der Waals surface area contributed by atoms with E-state index in [1.807, 2.05) is 6.92 Å². The fourth-order valence-electron chi connectivity index (χ4n) is 3.07. The molecule has 124 valence electrons. The molecule has 0 radical (unpaired) electrons. The third-order valence-electron chi connectivity index (χ3n) is 4.12. The van der Waals surface area contributed by atoms with Gasteiger partial charge in [-0.3, -0.25) is 4.79 Å². The van der Waals surface area contributed by atoms with Crippen molar-refractivity contribution in [3.8, 4) is 0 Å². The van der Waals surface area contributed by atoms with Gasteiger partial charge in [-0.05, 0) is 71.1 Å². The summed E-state index contributed by atoms with van der Waals surface area (Å²) in [5, 5.41) is 3.51. The van der Waals surface area contributed by atoms with E-state index in [9.17, 15) is 4.79 Å². The number of hydrogen-bond acceptors (Lipinski definition) is 4. The Bertz CT molecular complexity index is 266. The lowest BCUT2D eigenvalue weighted by atomic mass is 9.99. The first-order valence-corrected chi connectivity index (χ1v) is 8.85. The first-order valence-electron chi connectivity index (χ1n) is 8.85. The highest BCUT2D eigenvalue weighted by atomic mass is 16.5. The van der Waals surface area contributed by atoms with Crippen molar-refractivity contribution < 1.29 is 9.53 Å². The van der Waals surface area contributed by atoms with E-state index in [2.05, 4.69) is 17.1 Å². The number of esters is 1. The van der Waals surface area contributed by atoms with Crippen LogP contribution in [0.25, 0.3) is 0 Å². The number of hydrogen-bond donors (Lipinski definition) is 1. The zero-order valence-electron chi connectivity index (χ0n) is 14.0. The van der Waals surface area contributed by atoms with E-state index in [0.29, 0.717) is 13.0 Å². The van der Waals surface area contributed by atoms with E-state index in [4.69, 9.17) is 4.74 Å². The molecule has 1 fully saturated rings. The van der Waals surface area contributed by atoms with Crippen molar-refractivity contribution >= 4 is 5.97 Å². The van der Waals surface area contributed by atoms with Crippen molar-refractivity contribution in [2.24, 2.45) is 5.92 Å². The first-order chi connectivity index (χ1) is 10.3. The predicted molar refractivity (Wildman–Crippen MR) is 87.4 cm³/mol. The van der Waals surface area contributed by atoms with Crippen molar-refractivity contribution in [2.45, 2.75) is 58.8 Å². The quantitative estimate of drug-likeness (QED) is 0.470. The van der Waals surface area contributed by atoms with E-state index in [1.54, 1.807) is 0 Å². The SMILES string of the molecule is CCCN(CCCCCC(=O)OCC)CC1CCCNC1. The van der Waals surface area contributed by atoms with Crippen LogP contribution in [0.5, 0.6) is 0 Å². The van der Waals surface area contributed by atoms with Crippen LogP contribution in [0, 0.1) is 5.92 Å². The molecule has 1 aliphatic rings. The summed E-state index contributed by atoms with van der Waals surface area (Å²) in [7, 11) is 0. The average molecular weight is 298 g/mol. The van der Waals surface area contributed by atoms with Crippen molar-refractivity contribution in [1.82, 2.24) is 10.2 Å². The van der Waals surface area contributed by atoms with Gasteiger partial charge in [-0.25, -0.2) is 0 Å². The maximum absolute atomic E-state index is 11.3. The molecular weight excluding hydrogens is 264 g/mol. The molecule has 0 bridgehead atoms. The number of carbonyl (C=O) groups excluding carboxylic acids is 1. The van der Waals surface area contributed by atoms with Crippen LogP contribution in [0.2, 0.25) is 0 Å². The van der Waals surface area contributed by atoms with Crippen molar-refractivity contribution in [2.75, 3.05) is 39.3 Å². The molecule has 1 atom stereocenters. The zero-order chi connectivity index (χ0) is 15.3. The van der Waals surface area contributed by atoms with Crippen molar-refractivity contribution in [1.29, 1.82) is 0 Å². The topological polar surface area (TPSA) is 41.6 Å². The molecule has 0 aromatic carbocycles. The number of rotatable bonds is 11. The first kappa shape index (κ1) is 18.4. The molecule has 1 unspecified atom stereocenters. The number of ether oxygens (including phenoxy) is 1. The van der Waals surface area contributed by atoms with Gasteiger partial charge in [0.15, 0.2) is 0 Å². The Kier molecular flexibility index (Phi) is 10.5. The Hall–Kier alpha value is -0.610. The van der Waals surface area contributed by atoms with Crippen LogP contribution >= 0.6 is 0 Å². The molecule has 1 N–H and O–H groups in total. The number of piperidine rings is 1. The Balaban J connectivity index is 2.11. The van der Waals surface area contributed by atoms with E-state index >= 15 is 0 Å². The second kappa shape index (κ2) is 12.0. The molecule has 4 heteroatoms. The van der Waals surface area contributed by atoms with Gasteiger partial charge in [0, 0.05) is 13.0 Å². The molecule has 21 heavy (non-hydrogen) atoms. The number of nitrogens with one attached hydrogen (secondary N) is 1. The summed E-state index contributed by atoms with van der Waals surface area (Å²) >= 11 is 0. The normalized spacial score (nSPS) is 18.9. The van der Waals surface area contributed by atoms with Gasteiger partial charge >= 0.3 is 5.97 Å². The minimum Gasteiger partial charge on any atom is -0.466 e. The van der Waals surface area contributed by atoms with Gasteiger partial charge in [0.2, 0.25) is 0 Å². The molecule has 0 aliphatic carbocycles. The lowest BCUT2D eigenvalue weighted by Crippen LogP contribution is -2.39. The summed E-state index contributed by atoms with van der Waals surface area (Å²) in [4.78, 5) is 13.9. The second-order valence-corrected chi connectivity index (χ2v) is 6.13. The zero-order valence-corrected chi connectivity index (χ0v) is 14.0. The molecule has 0 spiro atoms. The maximum atomic E-state index is 11.3. The standard InChI is InChI=1S/C17H34N2O2/c1-3-12-19(15-16-9-8-11-18-14-16)13-7-5-6-10-17(20)21-4-2/h16,18H,3-15H2,1-2H3. The third kappa shape index (κ3) is 9.10. The molecule has 0 aromatic rings. The molecular formula is C17H34N2O2. The largest absolute Gasteiger partial charge is 0.466 e. The van der Waals surface area contributed by atoms with Crippen LogP contribution in [0.4, 0.5) is 0 Å². The van der Waals surface area contributed by atoms with Crippen molar-refractivity contribution in [3.63, 3.8) is 0 Å². The number of nitrogens with zero attached hydrogens (tertiary/aromatic N) is 1. The highest BCUT2D eigenvalue weighted by molar-refractivity contribution is 5.69. The summed E-state index contributed by atoms with van der Waals surface area (Å²) in [5.41, 5.74) is 0. The van der Waals surface area contributed by atoms with Crippen LogP contribution in [0.3, 0.4) is 0 Å². The van der Waals surface area contributed by atoms with Gasteiger partial charge in [0.25, 0.3) is 0 Å². The Morgan fingerprint density at radius 2 is 2.10 bits per heavy atom. The van der Waals surface area contributed by atoms with Crippen molar-refractivity contribution in [3.05, 3.63) is 0 Å². The summed E-state index contributed by atoms with van der Waals surface area (Å²) in [6, 6.07) is 0. The summed E-state index contributed by atoms with van der Waals surface area (Å²) in [6.45, 7) is 10.6. The monoisotopic (exact) mass is 298 g/mol. The minimum atomic E-state index is -0.0452. The summed E-state index contributed by atoms with van der Waals surface area (Å²) in [5.74, 6) is 0.779. The highest BCUT2D eigenvalue weighted by Gasteiger charge is 2.16. The number of unbranched alkanes of at least 4 members (excludes halogenated alkanes) is 2. The van der Waals surface area contributed by atoms with Gasteiger partial charge in [0.05, 0.1) is 6.61 Å². The van der Waals surface area contributed by atoms with Gasteiger partial charge in [-0.15, -0.1) is 0 Å². The molecule has 1 rings (SSSR count). The van der Waals surface area contributed by atoms with Crippen LogP contribution < -0.4 is 5.32 Å². The van der Waals surface area contributed by atoms with Crippen LogP contribution in [0.1, 0.15) is 58.8 Å². The molecule has 0 aromatic heterocycles. The van der Waals surface area contributed by atoms with Crippen LogP contribution in [-0.4, -0.2) is 50.2 Å². The fraction of sp³-hybridized carbons (Fsp3) is 0.941. The molecule has 0 amide bonds. The molecule has 0 saturated carbocycles. The Morgan fingerprint density at radius 1 is 1.24 bits per heavy atom. The van der Waals surface area contributed by atoms with E-state index in [-0.39, 0.29) is 5.97 Å². The summed E-state index contributed by atoms with van der Waals surface area (Å²) < 4.78 is 4.95. The maximum Gasteiger partial charge on any atom is 0.305 e. The Morgan fingerprint density at radius 3 is 2.76 bits per heavy atom. The summed E-state index contributed by atoms with van der Waals surface area (Å²) in [6.07, 6.45) is 7.78. The van der Waals surface area contributed by atoms with Gasteiger partial charge < -0.3 is 15.0 Å². The van der Waals surface area contributed by atoms with E-state index in [0.717, 1.165) is 18.8 Å². The van der Waals surface area contributed by atoms with E-state index < -0.39 is 0 Å². The third-order valence-corrected chi connectivity index (χ3v) is 4.12. The lowest BCUT2D eigenvalue weighted by Gasteiger charge is -2.30. The predicted octanol–water partition coefficient (Wildman–Crippen LogP) is 2.82. The molecule has 1 saturated heterocycles. The smallest absolute Gasteiger partial charge is 0.305 e. The van der Waals surface area contributed by atoms with Gasteiger partial charge in [-0.2, -0.15) is 0 Å². The number of carbonyl (C=O) groups is 1. The lowest BCUT2D eigenvalue weighted by molar-refractivity contribution is -0.143. The van der Waals surface area contributed by atoms with Gasteiger partial charge in [0.1, 0.15) is 0 Å². The fourth-order valence-corrected chi connectivity index (χ4v) is 3.07. The average Bonchev–Trinajstić information content (AvgIpc) is 2.48. The van der Waals surface area contributed by atoms with E-state index in [1.165, 1.54) is 58.4 Å². The Labute approximate surface area is 130 Å². The highest BCUT2D eigenvalue weighted by Crippen LogP contribution is 2.13. The molecule has 4 nitrogen and oxygen atoms in total. The molecule has 1 aliphatic heterocycles. The van der Waals surface area contributed by atoms with Crippen LogP contribution in [0.15, 0.2) is 0 Å². The minimum absolute atomic E-state index is 0.0452. The second-order valence-electron chi connectivity index (χ2n) is 6.13. The molecule has 1 heterocycles. The van der Waals surface area contributed by atoms with Crippen LogP contribution in [-0.2, 0) is 9.53 Å². The van der Waals surface area contributed by atoms with Gasteiger partial charge in [-0.1, -0.05) is 13.3 Å².